The molecule has 3 fully saturated rings. The van der Waals surface area contributed by atoms with E-state index in [4.69, 9.17) is 15.0 Å². The van der Waals surface area contributed by atoms with Gasteiger partial charge in [-0.25, -0.2) is 4.98 Å². The van der Waals surface area contributed by atoms with Crippen molar-refractivity contribution in [3.8, 4) is 6.19 Å². The summed E-state index contributed by atoms with van der Waals surface area (Å²) in [6.45, 7) is 5.01. The fourth-order valence-corrected chi connectivity index (χ4v) is 7.68. The summed E-state index contributed by atoms with van der Waals surface area (Å²) in [4.78, 5) is 13.7. The first-order valence-electron chi connectivity index (χ1n) is 14.1. The maximum Gasteiger partial charge on any atom is 0.302 e. The van der Waals surface area contributed by atoms with Crippen LogP contribution in [-0.4, -0.2) is 64.2 Å². The normalized spacial score (nSPS) is 25.4. The molecule has 38 heavy (non-hydrogen) atoms. The summed E-state index contributed by atoms with van der Waals surface area (Å²) < 4.78 is 7.93. The number of amidine groups is 1. The molecular weight excluding hydrogens is 472 g/mol. The highest BCUT2D eigenvalue weighted by Crippen LogP contribution is 2.45. The molecule has 3 aliphatic heterocycles. The Balaban J connectivity index is 1.18. The Morgan fingerprint density at radius 3 is 2.39 bits per heavy atom. The highest BCUT2D eigenvalue weighted by Gasteiger charge is 2.44. The number of hydrogen-bond donors (Lipinski definition) is 0. The summed E-state index contributed by atoms with van der Waals surface area (Å²) in [6.07, 6.45) is 10.2. The van der Waals surface area contributed by atoms with E-state index in [1.807, 2.05) is 6.19 Å². The molecule has 7 nitrogen and oxygen atoms in total. The number of rotatable bonds is 5. The Bertz CT molecular complexity index is 1320. The quantitative estimate of drug-likeness (QED) is 0.260. The fraction of sp³-hybridized carbons (Fsp3) is 0.516. The van der Waals surface area contributed by atoms with Gasteiger partial charge in [0.1, 0.15) is 5.82 Å². The van der Waals surface area contributed by atoms with Crippen LogP contribution >= 0.6 is 0 Å². The van der Waals surface area contributed by atoms with Gasteiger partial charge < -0.3 is 14.2 Å². The average Bonchev–Trinajstić information content (AvgIpc) is 3.42. The molecule has 2 bridgehead atoms. The number of aryl methyl sites for hydroxylation is 1. The van der Waals surface area contributed by atoms with Crippen molar-refractivity contribution in [2.24, 2.45) is 4.99 Å². The molecule has 0 spiro atoms. The van der Waals surface area contributed by atoms with Gasteiger partial charge in [0.25, 0.3) is 0 Å². The Labute approximate surface area is 225 Å². The Morgan fingerprint density at radius 2 is 1.71 bits per heavy atom. The minimum Gasteiger partial charge on any atom is -0.468 e. The third-order valence-electron chi connectivity index (χ3n) is 9.55. The predicted molar refractivity (Wildman–Crippen MR) is 150 cm³/mol. The minimum atomic E-state index is 0.136. The lowest BCUT2D eigenvalue weighted by molar-refractivity contribution is 0.0871. The van der Waals surface area contributed by atoms with E-state index in [0.29, 0.717) is 24.1 Å². The lowest BCUT2D eigenvalue weighted by atomic mass is 9.70. The van der Waals surface area contributed by atoms with Gasteiger partial charge in [0.2, 0.25) is 6.19 Å². The summed E-state index contributed by atoms with van der Waals surface area (Å²) >= 11 is 0. The van der Waals surface area contributed by atoms with Gasteiger partial charge in [-0.2, -0.15) is 5.26 Å². The van der Waals surface area contributed by atoms with Crippen molar-refractivity contribution in [3.63, 3.8) is 0 Å². The van der Waals surface area contributed by atoms with Gasteiger partial charge in [-0.15, -0.1) is 4.99 Å². The molecule has 0 amide bonds. The van der Waals surface area contributed by atoms with Crippen LogP contribution in [0, 0.1) is 18.4 Å². The molecule has 3 saturated heterocycles. The molecule has 3 aromatic rings. The Morgan fingerprint density at radius 1 is 1.03 bits per heavy atom. The SMILES string of the molecule is CO/C(=N\C#N)N1CCC(CCN2C3CCC2CC(n2c(C)nc4ccccc42)C3)(c2ccccc2)CC1. The molecule has 0 N–H and O–H groups in total. The minimum absolute atomic E-state index is 0.136. The fourth-order valence-electron chi connectivity index (χ4n) is 7.68. The molecule has 7 heteroatoms. The van der Waals surface area contributed by atoms with Crippen LogP contribution in [0.3, 0.4) is 0 Å². The number of aliphatic imine (C=N–C) groups is 1. The topological polar surface area (TPSA) is 69.7 Å². The van der Waals surface area contributed by atoms with Gasteiger partial charge in [0.15, 0.2) is 0 Å². The van der Waals surface area contributed by atoms with Crippen LogP contribution < -0.4 is 0 Å². The Hall–Kier alpha value is -3.37. The van der Waals surface area contributed by atoms with Crippen molar-refractivity contribution >= 4 is 17.1 Å². The lowest BCUT2D eigenvalue weighted by Gasteiger charge is -2.45. The molecule has 2 atom stereocenters. The zero-order valence-electron chi connectivity index (χ0n) is 22.6. The van der Waals surface area contributed by atoms with Crippen LogP contribution in [-0.2, 0) is 10.2 Å². The zero-order valence-corrected chi connectivity index (χ0v) is 22.6. The van der Waals surface area contributed by atoms with Crippen molar-refractivity contribution in [1.29, 1.82) is 5.26 Å². The van der Waals surface area contributed by atoms with Crippen LogP contribution in [0.2, 0.25) is 0 Å². The first-order chi connectivity index (χ1) is 18.6. The van der Waals surface area contributed by atoms with Gasteiger partial charge in [0.05, 0.1) is 18.1 Å². The summed E-state index contributed by atoms with van der Waals surface area (Å²) in [7, 11) is 1.60. The molecule has 0 aliphatic carbocycles. The number of hydrogen-bond acceptors (Lipinski definition) is 5. The van der Waals surface area contributed by atoms with Gasteiger partial charge in [-0.05, 0) is 81.5 Å². The molecule has 0 radical (unpaired) electrons. The van der Waals surface area contributed by atoms with E-state index >= 15 is 0 Å². The number of piperidine rings is 2. The van der Waals surface area contributed by atoms with Gasteiger partial charge in [0, 0.05) is 31.2 Å². The van der Waals surface area contributed by atoms with E-state index in [-0.39, 0.29) is 5.41 Å². The highest BCUT2D eigenvalue weighted by molar-refractivity contribution is 5.76. The third-order valence-corrected chi connectivity index (χ3v) is 9.55. The van der Waals surface area contributed by atoms with Crippen LogP contribution in [0.15, 0.2) is 59.6 Å². The van der Waals surface area contributed by atoms with E-state index in [9.17, 15) is 0 Å². The van der Waals surface area contributed by atoms with Crippen molar-refractivity contribution in [2.45, 2.75) is 75.4 Å². The summed E-state index contributed by atoms with van der Waals surface area (Å²) in [5.74, 6) is 1.15. The molecule has 2 unspecified atom stereocenters. The smallest absolute Gasteiger partial charge is 0.302 e. The second-order valence-corrected chi connectivity index (χ2v) is 11.3. The molecule has 3 aliphatic rings. The molecule has 1 aromatic heterocycles. The largest absolute Gasteiger partial charge is 0.468 e. The van der Waals surface area contributed by atoms with E-state index in [0.717, 1.165) is 50.2 Å². The zero-order chi connectivity index (χ0) is 26.1. The van der Waals surface area contributed by atoms with Crippen molar-refractivity contribution in [3.05, 3.63) is 66.0 Å². The maximum absolute atomic E-state index is 9.05. The number of likely N-dealkylation sites (tertiary alicyclic amines) is 1. The van der Waals surface area contributed by atoms with Gasteiger partial charge in [-0.3, -0.25) is 4.90 Å². The average molecular weight is 511 g/mol. The monoisotopic (exact) mass is 510 g/mol. The van der Waals surface area contributed by atoms with Crippen LogP contribution in [0.4, 0.5) is 0 Å². The number of aromatic nitrogens is 2. The van der Waals surface area contributed by atoms with Crippen molar-refractivity contribution in [2.75, 3.05) is 26.7 Å². The molecule has 6 rings (SSSR count). The van der Waals surface area contributed by atoms with Crippen molar-refractivity contribution in [1.82, 2.24) is 19.4 Å². The number of para-hydroxylation sites is 2. The number of ether oxygens (including phenoxy) is 1. The lowest BCUT2D eigenvalue weighted by Crippen LogP contribution is -2.49. The van der Waals surface area contributed by atoms with Crippen LogP contribution in [0.5, 0.6) is 0 Å². The van der Waals surface area contributed by atoms with Crippen molar-refractivity contribution < 1.29 is 4.74 Å². The number of nitriles is 1. The van der Waals surface area contributed by atoms with Crippen LogP contribution in [0.25, 0.3) is 11.0 Å². The predicted octanol–water partition coefficient (Wildman–Crippen LogP) is 5.42. The highest BCUT2D eigenvalue weighted by atomic mass is 16.5. The maximum atomic E-state index is 9.05. The first-order valence-corrected chi connectivity index (χ1v) is 14.1. The summed E-state index contributed by atoms with van der Waals surface area (Å²) in [6, 6.07) is 22.0. The molecule has 0 saturated carbocycles. The number of methoxy groups -OCH3 is 1. The second-order valence-electron chi connectivity index (χ2n) is 11.3. The summed E-state index contributed by atoms with van der Waals surface area (Å²) in [5, 5.41) is 9.05. The van der Waals surface area contributed by atoms with Gasteiger partial charge in [-0.1, -0.05) is 42.5 Å². The number of imidazole rings is 1. The molecule has 4 heterocycles. The van der Waals surface area contributed by atoms with E-state index in [1.54, 1.807) is 7.11 Å². The number of fused-ring (bicyclic) bond motifs is 3. The van der Waals surface area contributed by atoms with E-state index < -0.39 is 0 Å². The first kappa shape index (κ1) is 24.9. The standard InChI is InChI=1S/C31H38N6O/c1-23-34-28-10-6-7-11-29(28)37(23)27-20-25-12-13-26(21-27)36(25)19-16-31(24-8-4-3-5-9-24)14-17-35(18-15-31)30(38-2)33-22-32/h3-11,25-27H,12-21H2,1-2H3/b33-30-. The number of benzene rings is 2. The summed E-state index contributed by atoms with van der Waals surface area (Å²) in [5.41, 5.74) is 3.98. The van der Waals surface area contributed by atoms with Crippen LogP contribution in [0.1, 0.15) is 62.4 Å². The molecular formula is C31H38N6O. The third kappa shape index (κ3) is 4.45. The molecule has 198 valence electrons. The Kier molecular flexibility index (Phi) is 6.84. The van der Waals surface area contributed by atoms with E-state index in [2.05, 4.69) is 80.9 Å². The number of nitrogens with zero attached hydrogens (tertiary/aromatic N) is 6. The second kappa shape index (κ2) is 10.4. The van der Waals surface area contributed by atoms with E-state index in [1.165, 1.54) is 36.8 Å². The van der Waals surface area contributed by atoms with Gasteiger partial charge >= 0.3 is 6.02 Å². The molecule has 2 aromatic carbocycles.